The van der Waals surface area contributed by atoms with Crippen molar-refractivity contribution in [3.8, 4) is 22.9 Å². The quantitative estimate of drug-likeness (QED) is 0.159. The molecule has 0 amide bonds. The fourth-order valence-electron chi connectivity index (χ4n) is 11.3. The van der Waals surface area contributed by atoms with Crippen LogP contribution in [0.1, 0.15) is 104 Å². The predicted octanol–water partition coefficient (Wildman–Crippen LogP) is 13.1. The summed E-state index contributed by atoms with van der Waals surface area (Å²) >= 11 is 0. The summed E-state index contributed by atoms with van der Waals surface area (Å²) in [5.41, 5.74) is 11.8. The van der Waals surface area contributed by atoms with Gasteiger partial charge in [-0.3, -0.25) is 0 Å². The van der Waals surface area contributed by atoms with Gasteiger partial charge in [-0.25, -0.2) is 18.1 Å². The van der Waals surface area contributed by atoms with E-state index in [9.17, 15) is 19.0 Å². The van der Waals surface area contributed by atoms with Crippen molar-refractivity contribution < 1.29 is 23.7 Å². The number of benzene rings is 5. The molecule has 11 rings (SSSR count). The van der Waals surface area contributed by atoms with E-state index in [0.29, 0.717) is 0 Å². The molecule has 336 valence electrons. The molecule has 0 spiro atoms. The second-order valence-corrected chi connectivity index (χ2v) is 19.2. The van der Waals surface area contributed by atoms with Crippen LogP contribution in [0.3, 0.4) is 0 Å². The lowest BCUT2D eigenvalue weighted by Crippen LogP contribution is -2.40. The Kier molecular flexibility index (Phi) is 11.7. The zero-order valence-corrected chi connectivity index (χ0v) is 37.7. The number of hydrogen-bond donors (Lipinski definition) is 2. The van der Waals surface area contributed by atoms with Gasteiger partial charge in [0.05, 0.1) is 47.4 Å². The van der Waals surface area contributed by atoms with E-state index in [1.807, 2.05) is 76.4 Å². The van der Waals surface area contributed by atoms with Crippen LogP contribution in [-0.2, 0) is 12.8 Å². The number of fused-ring (bicyclic) bond motifs is 4. The van der Waals surface area contributed by atoms with Gasteiger partial charge in [-0.05, 0) is 188 Å². The molecule has 2 N–H and O–H groups in total. The first-order valence-electron chi connectivity index (χ1n) is 23.3. The van der Waals surface area contributed by atoms with Crippen molar-refractivity contribution in [1.29, 1.82) is 0 Å². The molecule has 4 aliphatic carbocycles. The normalized spacial score (nSPS) is 22.8. The van der Waals surface area contributed by atoms with Gasteiger partial charge >= 0.3 is 0 Å². The van der Waals surface area contributed by atoms with E-state index in [-0.39, 0.29) is 34.3 Å². The van der Waals surface area contributed by atoms with Gasteiger partial charge in [0.1, 0.15) is 23.1 Å². The molecule has 2 saturated carbocycles. The van der Waals surface area contributed by atoms with E-state index in [4.69, 9.17) is 4.74 Å². The van der Waals surface area contributed by atoms with Gasteiger partial charge in [-0.2, -0.15) is 10.2 Å². The molecule has 7 nitrogen and oxygen atoms in total. The zero-order valence-electron chi connectivity index (χ0n) is 37.7. The molecular formula is C57H56F2N4O3. The molecule has 2 heterocycles. The van der Waals surface area contributed by atoms with Crippen LogP contribution in [0.15, 0.2) is 151 Å². The number of aliphatic hydroxyl groups excluding tert-OH is 2. The summed E-state index contributed by atoms with van der Waals surface area (Å²) in [7, 11) is 0. The number of aliphatic hydroxyl groups is 2. The molecule has 0 saturated heterocycles. The summed E-state index contributed by atoms with van der Waals surface area (Å²) < 4.78 is 36.5. The molecule has 5 aromatic carbocycles. The summed E-state index contributed by atoms with van der Waals surface area (Å²) in [6.07, 6.45) is 15.2. The minimum Gasteiger partial charge on any atom is -0.457 e. The second-order valence-electron chi connectivity index (χ2n) is 19.2. The Hall–Kier alpha value is -6.42. The van der Waals surface area contributed by atoms with E-state index in [1.54, 1.807) is 24.3 Å². The van der Waals surface area contributed by atoms with Crippen molar-refractivity contribution in [2.24, 2.45) is 22.7 Å². The molecule has 6 atom stereocenters. The number of hydrogen-bond acceptors (Lipinski definition) is 5. The van der Waals surface area contributed by atoms with Crippen LogP contribution in [0.25, 0.3) is 23.5 Å². The molecule has 0 radical (unpaired) electrons. The van der Waals surface area contributed by atoms with Gasteiger partial charge in [-0.1, -0.05) is 85.2 Å². The topological polar surface area (TPSA) is 85.3 Å². The molecule has 0 aliphatic heterocycles. The van der Waals surface area contributed by atoms with Gasteiger partial charge in [0.25, 0.3) is 0 Å². The Morgan fingerprint density at radius 3 is 1.45 bits per heavy atom. The lowest BCUT2D eigenvalue weighted by Gasteiger charge is -2.47. The van der Waals surface area contributed by atoms with Crippen molar-refractivity contribution >= 4 is 12.2 Å². The Bertz CT molecular complexity index is 2890. The van der Waals surface area contributed by atoms with Gasteiger partial charge in [-0.15, -0.1) is 0 Å². The number of halogens is 2. The Labute approximate surface area is 385 Å². The lowest BCUT2D eigenvalue weighted by molar-refractivity contribution is 0.0215. The highest BCUT2D eigenvalue weighted by atomic mass is 19.1. The molecule has 0 bridgehead atoms. The predicted molar refractivity (Wildman–Crippen MR) is 255 cm³/mol. The summed E-state index contributed by atoms with van der Waals surface area (Å²) in [4.78, 5) is 0. The van der Waals surface area contributed by atoms with Crippen molar-refractivity contribution in [3.63, 3.8) is 0 Å². The van der Waals surface area contributed by atoms with E-state index in [1.165, 1.54) is 46.5 Å². The molecule has 4 aliphatic rings. The number of rotatable bonds is 8. The number of ether oxygens (including phenoxy) is 1. The summed E-state index contributed by atoms with van der Waals surface area (Å²) in [6, 6.07) is 38.7. The maximum Gasteiger partial charge on any atom is 0.127 e. The second kappa shape index (κ2) is 17.8. The molecule has 66 heavy (non-hydrogen) atoms. The first-order valence-corrected chi connectivity index (χ1v) is 23.3. The van der Waals surface area contributed by atoms with Crippen LogP contribution in [0.5, 0.6) is 11.5 Å². The minimum absolute atomic E-state index is 0.0911. The van der Waals surface area contributed by atoms with Gasteiger partial charge in [0, 0.05) is 0 Å². The molecule has 2 aromatic heterocycles. The van der Waals surface area contributed by atoms with E-state index in [0.717, 1.165) is 102 Å². The standard InChI is InChI=1S/C31H29FN2O2.C26H27FN2O/c1-31-19-22-20-33-34(25-14-12-24(32)13-15-25)29(22)18-23(31)6-5-9-28(31)30(35)21-10-16-27(17-11-21)36-26-7-3-2-4-8-26;1-17-6-8-18(9-7-17)25(30)23-5-3-4-20-14-24-19(15-26(20,23)2)16-28-29(24)22-12-10-21(27)11-13-22/h2-4,7-8,10-18,20,28,30,35H,5-6,9,19H2,1H3;6-14,16,23,25,30H,3-5,15H2,1-2H3/t28-,30+,31+;23-,25+,26+/m11/s1. The van der Waals surface area contributed by atoms with Gasteiger partial charge < -0.3 is 14.9 Å². The van der Waals surface area contributed by atoms with Crippen LogP contribution in [0.4, 0.5) is 8.78 Å². The van der Waals surface area contributed by atoms with Crippen molar-refractivity contribution in [2.45, 2.75) is 84.3 Å². The van der Waals surface area contributed by atoms with E-state index < -0.39 is 12.2 Å². The largest absolute Gasteiger partial charge is 0.457 e. The Morgan fingerprint density at radius 1 is 0.576 bits per heavy atom. The SMILES string of the molecule is C[C@]12Cc3cnn(-c4ccc(F)cc4)c3C=C1CCC[C@@H]2[C@@H](O)c1ccc(Oc2ccccc2)cc1.Cc1ccc([C@H](O)[C@H]2CCCC3=Cc4c(cnn4-c4ccc(F)cc4)C[C@@]32C)cc1. The summed E-state index contributed by atoms with van der Waals surface area (Å²) in [5, 5.41) is 32.1. The maximum atomic E-state index is 13.4. The Morgan fingerprint density at radius 2 is 1.00 bits per heavy atom. The first-order chi connectivity index (χ1) is 32.0. The van der Waals surface area contributed by atoms with Crippen molar-refractivity contribution in [2.75, 3.05) is 0 Å². The van der Waals surface area contributed by atoms with Crippen LogP contribution in [0.2, 0.25) is 0 Å². The zero-order chi connectivity index (χ0) is 45.6. The van der Waals surface area contributed by atoms with Crippen LogP contribution in [-0.4, -0.2) is 29.8 Å². The van der Waals surface area contributed by atoms with Gasteiger partial charge in [0.15, 0.2) is 0 Å². The lowest BCUT2D eigenvalue weighted by atomic mass is 9.57. The first kappa shape index (κ1) is 43.5. The molecule has 0 unspecified atom stereocenters. The number of aromatic nitrogens is 4. The highest BCUT2D eigenvalue weighted by molar-refractivity contribution is 5.63. The van der Waals surface area contributed by atoms with E-state index in [2.05, 4.69) is 67.4 Å². The molecular weight excluding hydrogens is 827 g/mol. The molecule has 9 heteroatoms. The number of aryl methyl sites for hydroxylation is 1. The van der Waals surface area contributed by atoms with E-state index >= 15 is 0 Å². The van der Waals surface area contributed by atoms with Crippen LogP contribution >= 0.6 is 0 Å². The average molecular weight is 883 g/mol. The summed E-state index contributed by atoms with van der Waals surface area (Å²) in [5.74, 6) is 1.31. The van der Waals surface area contributed by atoms with Crippen LogP contribution in [0, 0.1) is 41.2 Å². The van der Waals surface area contributed by atoms with Crippen LogP contribution < -0.4 is 4.74 Å². The highest BCUT2D eigenvalue weighted by Gasteiger charge is 2.48. The average Bonchev–Trinajstić information content (AvgIpc) is 3.93. The Balaban J connectivity index is 0.000000158. The van der Waals surface area contributed by atoms with Crippen molar-refractivity contribution in [1.82, 2.24) is 19.6 Å². The third-order valence-electron chi connectivity index (χ3n) is 15.1. The molecule has 7 aromatic rings. The third-order valence-corrected chi connectivity index (χ3v) is 15.1. The number of para-hydroxylation sites is 1. The minimum atomic E-state index is -0.571. The monoisotopic (exact) mass is 882 g/mol. The number of allylic oxidation sites excluding steroid dienone is 2. The highest BCUT2D eigenvalue weighted by Crippen LogP contribution is 2.56. The fraction of sp³-hybridized carbons (Fsp3) is 0.298. The van der Waals surface area contributed by atoms with Crippen molar-refractivity contribution in [3.05, 3.63) is 202 Å². The maximum absolute atomic E-state index is 13.4. The van der Waals surface area contributed by atoms with Gasteiger partial charge in [0.2, 0.25) is 0 Å². The third kappa shape index (κ3) is 8.24. The number of nitrogens with zero attached hydrogens (tertiary/aromatic N) is 4. The fourth-order valence-corrected chi connectivity index (χ4v) is 11.3. The smallest absolute Gasteiger partial charge is 0.127 e. The molecule has 2 fully saturated rings. The summed E-state index contributed by atoms with van der Waals surface area (Å²) in [6.45, 7) is 6.66.